The number of unbranched alkanes of at least 4 members (excludes halogenated alkanes) is 8. The highest BCUT2D eigenvalue weighted by molar-refractivity contribution is 7.92. The summed E-state index contributed by atoms with van der Waals surface area (Å²) in [5.74, 6) is 0.350. The molecule has 0 bridgehead atoms. The maximum absolute atomic E-state index is 12.6. The first-order chi connectivity index (χ1) is 16.0. The zero-order valence-electron chi connectivity index (χ0n) is 19.6. The Bertz CT molecular complexity index is 929. The van der Waals surface area contributed by atoms with Crippen molar-refractivity contribution in [1.29, 1.82) is 0 Å². The largest absolute Gasteiger partial charge is 0.352 e. The van der Waals surface area contributed by atoms with Gasteiger partial charge in [-0.1, -0.05) is 70.4 Å². The smallest absolute Gasteiger partial charge is 0.261 e. The normalized spacial score (nSPS) is 11.3. The van der Waals surface area contributed by atoms with Crippen LogP contribution in [-0.4, -0.2) is 26.7 Å². The van der Waals surface area contributed by atoms with E-state index in [-0.39, 0.29) is 10.8 Å². The summed E-state index contributed by atoms with van der Waals surface area (Å²) in [4.78, 5) is 12.5. The summed E-state index contributed by atoms with van der Waals surface area (Å²) in [6, 6.07) is 13.1. The first-order valence-corrected chi connectivity index (χ1v) is 14.0. The molecule has 0 aliphatic rings. The standard InChI is InChI=1S/C26H37ClN2O3S/c1-2-3-4-5-6-7-8-9-10-21-28-26(30)23-13-15-24(16-14-23)29-33(31,32)25-17-11-22(12-18-25)19-20-27/h11-18,29H,2-10,19-21H2,1H3,(H,28,30). The Kier molecular flexibility index (Phi) is 12.3. The van der Waals surface area contributed by atoms with Gasteiger partial charge in [0.15, 0.2) is 0 Å². The Hall–Kier alpha value is -2.05. The molecule has 33 heavy (non-hydrogen) atoms. The van der Waals surface area contributed by atoms with Gasteiger partial charge in [0, 0.05) is 23.7 Å². The molecule has 0 aromatic heterocycles. The molecule has 0 radical (unpaired) electrons. The summed E-state index contributed by atoms with van der Waals surface area (Å²) >= 11 is 5.72. The van der Waals surface area contributed by atoms with Crippen molar-refractivity contribution in [3.05, 3.63) is 59.7 Å². The van der Waals surface area contributed by atoms with Gasteiger partial charge in [-0.3, -0.25) is 9.52 Å². The molecule has 0 heterocycles. The minimum atomic E-state index is -3.69. The molecule has 0 fully saturated rings. The van der Waals surface area contributed by atoms with Crippen LogP contribution < -0.4 is 10.0 Å². The summed E-state index contributed by atoms with van der Waals surface area (Å²) in [5, 5.41) is 2.94. The second-order valence-corrected chi connectivity index (χ2v) is 10.4. The number of halogens is 1. The number of sulfonamides is 1. The van der Waals surface area contributed by atoms with Crippen molar-refractivity contribution in [2.75, 3.05) is 17.1 Å². The van der Waals surface area contributed by atoms with Crippen molar-refractivity contribution >= 4 is 33.2 Å². The lowest BCUT2D eigenvalue weighted by atomic mass is 10.1. The number of benzene rings is 2. The summed E-state index contributed by atoms with van der Waals surface area (Å²) in [7, 11) is -3.69. The van der Waals surface area contributed by atoms with E-state index in [1.165, 1.54) is 44.9 Å². The second kappa shape index (κ2) is 15.0. The monoisotopic (exact) mass is 492 g/mol. The topological polar surface area (TPSA) is 75.3 Å². The summed E-state index contributed by atoms with van der Waals surface area (Å²) in [5.41, 5.74) is 1.91. The predicted molar refractivity (Wildman–Crippen MR) is 138 cm³/mol. The molecule has 2 N–H and O–H groups in total. The lowest BCUT2D eigenvalue weighted by Crippen LogP contribution is -2.24. The van der Waals surface area contributed by atoms with Crippen LogP contribution in [0.25, 0.3) is 0 Å². The second-order valence-electron chi connectivity index (χ2n) is 8.35. The number of hydrogen-bond acceptors (Lipinski definition) is 3. The number of aryl methyl sites for hydroxylation is 1. The van der Waals surface area contributed by atoms with Crippen LogP contribution in [0.2, 0.25) is 0 Å². The molecule has 182 valence electrons. The average Bonchev–Trinajstić information content (AvgIpc) is 2.81. The lowest BCUT2D eigenvalue weighted by Gasteiger charge is -2.10. The first-order valence-electron chi connectivity index (χ1n) is 12.0. The molecule has 2 aromatic carbocycles. The molecule has 7 heteroatoms. The van der Waals surface area contributed by atoms with Crippen molar-refractivity contribution in [2.45, 2.75) is 76.0 Å². The van der Waals surface area contributed by atoms with E-state index < -0.39 is 10.0 Å². The number of carbonyl (C=O) groups excluding carboxylic acids is 1. The quantitative estimate of drug-likeness (QED) is 0.206. The van der Waals surface area contributed by atoms with E-state index in [1.807, 2.05) is 0 Å². The van der Waals surface area contributed by atoms with E-state index >= 15 is 0 Å². The van der Waals surface area contributed by atoms with Gasteiger partial charge in [0.1, 0.15) is 0 Å². The van der Waals surface area contributed by atoms with Crippen LogP contribution in [-0.2, 0) is 16.4 Å². The van der Waals surface area contributed by atoms with Crippen LogP contribution in [0.1, 0.15) is 80.6 Å². The van der Waals surface area contributed by atoms with E-state index in [9.17, 15) is 13.2 Å². The van der Waals surface area contributed by atoms with Crippen molar-refractivity contribution in [3.63, 3.8) is 0 Å². The molecule has 0 saturated carbocycles. The van der Waals surface area contributed by atoms with Gasteiger partial charge in [-0.2, -0.15) is 0 Å². The number of amides is 1. The molecule has 1 amide bonds. The van der Waals surface area contributed by atoms with Gasteiger partial charge in [0.25, 0.3) is 15.9 Å². The van der Waals surface area contributed by atoms with Crippen molar-refractivity contribution in [1.82, 2.24) is 5.32 Å². The van der Waals surface area contributed by atoms with E-state index in [2.05, 4.69) is 17.0 Å². The number of rotatable bonds is 16. The molecular formula is C26H37ClN2O3S. The third-order valence-corrected chi connectivity index (χ3v) is 7.17. The van der Waals surface area contributed by atoms with Gasteiger partial charge < -0.3 is 5.32 Å². The summed E-state index contributed by atoms with van der Waals surface area (Å²) in [6.07, 6.45) is 11.9. The fourth-order valence-corrected chi connectivity index (χ4v) is 4.86. The number of alkyl halides is 1. The highest BCUT2D eigenvalue weighted by Gasteiger charge is 2.14. The van der Waals surface area contributed by atoms with Gasteiger partial charge in [-0.15, -0.1) is 11.6 Å². The molecule has 2 aromatic rings. The molecule has 0 spiro atoms. The number of nitrogens with one attached hydrogen (secondary N) is 2. The van der Waals surface area contributed by atoms with Gasteiger partial charge in [-0.25, -0.2) is 8.42 Å². The predicted octanol–water partition coefficient (Wildman–Crippen LogP) is 6.53. The molecule has 0 atom stereocenters. The Labute approximate surface area is 204 Å². The Balaban J connectivity index is 1.72. The van der Waals surface area contributed by atoms with Gasteiger partial charge in [-0.05, 0) is 54.8 Å². The molecular weight excluding hydrogens is 456 g/mol. The third kappa shape index (κ3) is 10.2. The highest BCUT2D eigenvalue weighted by atomic mass is 35.5. The lowest BCUT2D eigenvalue weighted by molar-refractivity contribution is 0.0953. The van der Waals surface area contributed by atoms with E-state index in [1.54, 1.807) is 48.5 Å². The molecule has 0 unspecified atom stereocenters. The zero-order chi connectivity index (χ0) is 23.9. The van der Waals surface area contributed by atoms with Crippen molar-refractivity contribution in [3.8, 4) is 0 Å². The van der Waals surface area contributed by atoms with E-state index in [0.717, 1.165) is 18.4 Å². The SMILES string of the molecule is CCCCCCCCCCCNC(=O)c1ccc(NS(=O)(=O)c2ccc(CCCl)cc2)cc1. The van der Waals surface area contributed by atoms with Crippen LogP contribution in [0.15, 0.2) is 53.4 Å². The number of carbonyl (C=O) groups is 1. The highest BCUT2D eigenvalue weighted by Crippen LogP contribution is 2.18. The first kappa shape index (κ1) is 27.2. The minimum Gasteiger partial charge on any atom is -0.352 e. The molecule has 0 saturated heterocycles. The summed E-state index contributed by atoms with van der Waals surface area (Å²) in [6.45, 7) is 2.89. The average molecular weight is 493 g/mol. The van der Waals surface area contributed by atoms with Gasteiger partial charge >= 0.3 is 0 Å². The number of anilines is 1. The Morgan fingerprint density at radius 1 is 0.818 bits per heavy atom. The van der Waals surface area contributed by atoms with E-state index in [0.29, 0.717) is 30.1 Å². The Morgan fingerprint density at radius 3 is 1.97 bits per heavy atom. The molecule has 2 rings (SSSR count). The van der Waals surface area contributed by atoms with Crippen molar-refractivity contribution < 1.29 is 13.2 Å². The van der Waals surface area contributed by atoms with Crippen LogP contribution in [0.5, 0.6) is 0 Å². The van der Waals surface area contributed by atoms with Crippen molar-refractivity contribution in [2.24, 2.45) is 0 Å². The van der Waals surface area contributed by atoms with Gasteiger partial charge in [0.2, 0.25) is 0 Å². The van der Waals surface area contributed by atoms with Crippen LogP contribution in [0, 0.1) is 0 Å². The molecule has 0 aliphatic carbocycles. The molecule has 5 nitrogen and oxygen atoms in total. The van der Waals surface area contributed by atoms with E-state index in [4.69, 9.17) is 11.6 Å². The maximum atomic E-state index is 12.6. The molecule has 0 aliphatic heterocycles. The fraction of sp³-hybridized carbons (Fsp3) is 0.500. The van der Waals surface area contributed by atoms with Crippen LogP contribution in [0.3, 0.4) is 0 Å². The third-order valence-electron chi connectivity index (χ3n) is 5.58. The number of hydrogen-bond donors (Lipinski definition) is 2. The minimum absolute atomic E-state index is 0.140. The van der Waals surface area contributed by atoms with Crippen LogP contribution in [0.4, 0.5) is 5.69 Å². The fourth-order valence-electron chi connectivity index (χ4n) is 3.59. The van der Waals surface area contributed by atoms with Gasteiger partial charge in [0.05, 0.1) is 4.90 Å². The maximum Gasteiger partial charge on any atom is 0.261 e. The zero-order valence-corrected chi connectivity index (χ0v) is 21.2. The van der Waals surface area contributed by atoms with Crippen LogP contribution >= 0.6 is 11.6 Å². The summed E-state index contributed by atoms with van der Waals surface area (Å²) < 4.78 is 27.7. The Morgan fingerprint density at radius 2 is 1.39 bits per heavy atom.